The fraction of sp³-hybridized carbons (Fsp3) is 0. The lowest BCUT2D eigenvalue weighted by molar-refractivity contribution is 0.627. The first-order valence-corrected chi connectivity index (χ1v) is 6.26. The van der Waals surface area contributed by atoms with Gasteiger partial charge in [-0.1, -0.05) is 24.3 Å². The van der Waals surface area contributed by atoms with Gasteiger partial charge in [0.25, 0.3) is 5.56 Å². The molecule has 0 saturated carbocycles. The van der Waals surface area contributed by atoms with E-state index in [1.807, 2.05) is 0 Å². The molecular formula is C15H11FN4O. The number of para-hydroxylation sites is 1. The normalized spacial score (nSPS) is 11.1. The van der Waals surface area contributed by atoms with E-state index in [4.69, 9.17) is 0 Å². The molecule has 5 nitrogen and oxygen atoms in total. The standard InChI is InChI=1S/C15H11FN4O/c16-11-5-3-4-10(8-11)9-17-20-15-18-13-7-2-1-6-12(13)14(21)19-15/h1-9H,(H2,18,19,20,21)/b17-9+. The smallest absolute Gasteiger partial charge is 0.260 e. The minimum absolute atomic E-state index is 0.228. The van der Waals surface area contributed by atoms with E-state index in [2.05, 4.69) is 20.5 Å². The SMILES string of the molecule is O=c1[nH]c(N/N=C/c2cccc(F)c2)nc2ccccc12. The van der Waals surface area contributed by atoms with Crippen molar-refractivity contribution in [2.45, 2.75) is 0 Å². The van der Waals surface area contributed by atoms with Gasteiger partial charge in [-0.3, -0.25) is 9.78 Å². The van der Waals surface area contributed by atoms with Crippen molar-refractivity contribution < 1.29 is 4.39 Å². The van der Waals surface area contributed by atoms with Crippen molar-refractivity contribution >= 4 is 23.1 Å². The molecule has 104 valence electrons. The van der Waals surface area contributed by atoms with Crippen LogP contribution in [-0.4, -0.2) is 16.2 Å². The summed E-state index contributed by atoms with van der Waals surface area (Å²) < 4.78 is 13.0. The summed E-state index contributed by atoms with van der Waals surface area (Å²) >= 11 is 0. The zero-order valence-corrected chi connectivity index (χ0v) is 10.9. The Hall–Kier alpha value is -3.02. The van der Waals surface area contributed by atoms with Crippen LogP contribution in [0.2, 0.25) is 0 Å². The van der Waals surface area contributed by atoms with Gasteiger partial charge in [-0.05, 0) is 29.8 Å². The Labute approximate surface area is 119 Å². The number of H-pyrrole nitrogens is 1. The van der Waals surface area contributed by atoms with E-state index in [9.17, 15) is 9.18 Å². The second kappa shape index (κ2) is 5.54. The summed E-state index contributed by atoms with van der Waals surface area (Å²) in [4.78, 5) is 18.7. The van der Waals surface area contributed by atoms with E-state index in [1.165, 1.54) is 18.3 Å². The van der Waals surface area contributed by atoms with E-state index in [1.54, 1.807) is 36.4 Å². The summed E-state index contributed by atoms with van der Waals surface area (Å²) in [5, 5.41) is 4.44. The van der Waals surface area contributed by atoms with Gasteiger partial charge in [-0.15, -0.1) is 0 Å². The van der Waals surface area contributed by atoms with Crippen molar-refractivity contribution in [2.24, 2.45) is 5.10 Å². The topological polar surface area (TPSA) is 70.1 Å². The fourth-order valence-corrected chi connectivity index (χ4v) is 1.89. The first-order valence-electron chi connectivity index (χ1n) is 6.26. The molecular weight excluding hydrogens is 271 g/mol. The Bertz CT molecular complexity index is 873. The third kappa shape index (κ3) is 2.94. The highest BCUT2D eigenvalue weighted by Gasteiger charge is 2.01. The number of aromatic amines is 1. The van der Waals surface area contributed by atoms with E-state index < -0.39 is 0 Å². The molecule has 0 bridgehead atoms. The van der Waals surface area contributed by atoms with Gasteiger partial charge in [-0.2, -0.15) is 5.10 Å². The summed E-state index contributed by atoms with van der Waals surface area (Å²) in [5.74, 6) is -0.109. The minimum Gasteiger partial charge on any atom is -0.291 e. The average Bonchev–Trinajstić information content (AvgIpc) is 2.47. The predicted octanol–water partition coefficient (Wildman–Crippen LogP) is 2.51. The Balaban J connectivity index is 1.84. The van der Waals surface area contributed by atoms with E-state index in [0.717, 1.165) is 0 Å². The molecule has 2 aromatic carbocycles. The molecule has 0 amide bonds. The van der Waals surface area contributed by atoms with Crippen LogP contribution in [0.3, 0.4) is 0 Å². The van der Waals surface area contributed by atoms with Crippen molar-refractivity contribution in [3.63, 3.8) is 0 Å². The Morgan fingerprint density at radius 1 is 1.19 bits per heavy atom. The predicted molar refractivity (Wildman–Crippen MR) is 80.0 cm³/mol. The number of hydrogen-bond donors (Lipinski definition) is 2. The van der Waals surface area contributed by atoms with Crippen molar-refractivity contribution in [1.82, 2.24) is 9.97 Å². The lowest BCUT2D eigenvalue weighted by Crippen LogP contribution is -2.10. The van der Waals surface area contributed by atoms with Gasteiger partial charge in [0.1, 0.15) is 5.82 Å². The first-order chi connectivity index (χ1) is 10.2. The number of aromatic nitrogens is 2. The Kier molecular flexibility index (Phi) is 3.42. The quantitative estimate of drug-likeness (QED) is 0.573. The highest BCUT2D eigenvalue weighted by Crippen LogP contribution is 2.07. The summed E-state index contributed by atoms with van der Waals surface area (Å²) in [6.45, 7) is 0. The van der Waals surface area contributed by atoms with Crippen LogP contribution < -0.4 is 11.0 Å². The van der Waals surface area contributed by atoms with Crippen molar-refractivity contribution in [3.8, 4) is 0 Å². The largest absolute Gasteiger partial charge is 0.291 e. The van der Waals surface area contributed by atoms with Crippen LogP contribution in [0.15, 0.2) is 58.4 Å². The Morgan fingerprint density at radius 3 is 2.90 bits per heavy atom. The molecule has 0 radical (unpaired) electrons. The van der Waals surface area contributed by atoms with Crippen LogP contribution in [0.1, 0.15) is 5.56 Å². The van der Waals surface area contributed by atoms with Crippen molar-refractivity contribution in [2.75, 3.05) is 5.43 Å². The molecule has 0 atom stereocenters. The number of anilines is 1. The molecule has 1 aromatic heterocycles. The van der Waals surface area contributed by atoms with Crippen LogP contribution in [0.25, 0.3) is 10.9 Å². The van der Waals surface area contributed by atoms with E-state index >= 15 is 0 Å². The monoisotopic (exact) mass is 282 g/mol. The van der Waals surface area contributed by atoms with Crippen LogP contribution in [0.5, 0.6) is 0 Å². The van der Waals surface area contributed by atoms with E-state index in [-0.39, 0.29) is 17.3 Å². The van der Waals surface area contributed by atoms with Gasteiger partial charge in [-0.25, -0.2) is 14.8 Å². The van der Waals surface area contributed by atoms with Gasteiger partial charge in [0.2, 0.25) is 5.95 Å². The van der Waals surface area contributed by atoms with Gasteiger partial charge < -0.3 is 0 Å². The molecule has 2 N–H and O–H groups in total. The lowest BCUT2D eigenvalue weighted by atomic mass is 10.2. The molecule has 0 aliphatic carbocycles. The van der Waals surface area contributed by atoms with Gasteiger partial charge in [0.15, 0.2) is 0 Å². The first kappa shape index (κ1) is 13.0. The van der Waals surface area contributed by atoms with Crippen LogP contribution >= 0.6 is 0 Å². The summed E-state index contributed by atoms with van der Waals surface area (Å²) in [5.41, 5.74) is 3.56. The zero-order chi connectivity index (χ0) is 14.7. The number of nitrogens with zero attached hydrogens (tertiary/aromatic N) is 2. The number of rotatable bonds is 3. The molecule has 0 aliphatic heterocycles. The summed E-state index contributed by atoms with van der Waals surface area (Å²) in [7, 11) is 0. The fourth-order valence-electron chi connectivity index (χ4n) is 1.89. The van der Waals surface area contributed by atoms with Crippen molar-refractivity contribution in [3.05, 3.63) is 70.3 Å². The maximum absolute atomic E-state index is 13.0. The summed E-state index contributed by atoms with van der Waals surface area (Å²) in [6, 6.07) is 13.0. The molecule has 21 heavy (non-hydrogen) atoms. The number of hydrogen-bond acceptors (Lipinski definition) is 4. The molecule has 3 rings (SSSR count). The van der Waals surface area contributed by atoms with Crippen LogP contribution in [-0.2, 0) is 0 Å². The molecule has 0 unspecified atom stereocenters. The third-order valence-corrected chi connectivity index (χ3v) is 2.85. The molecule has 3 aromatic rings. The maximum Gasteiger partial charge on any atom is 0.260 e. The number of nitrogens with one attached hydrogen (secondary N) is 2. The second-order valence-electron chi connectivity index (χ2n) is 4.36. The molecule has 0 aliphatic rings. The minimum atomic E-state index is -0.337. The van der Waals surface area contributed by atoms with Crippen LogP contribution in [0.4, 0.5) is 10.3 Å². The highest BCUT2D eigenvalue weighted by atomic mass is 19.1. The van der Waals surface area contributed by atoms with Crippen molar-refractivity contribution in [1.29, 1.82) is 0 Å². The van der Waals surface area contributed by atoms with Gasteiger partial charge >= 0.3 is 0 Å². The summed E-state index contributed by atoms with van der Waals surface area (Å²) in [6.07, 6.45) is 1.44. The third-order valence-electron chi connectivity index (χ3n) is 2.85. The molecule has 0 fully saturated rings. The average molecular weight is 282 g/mol. The molecule has 0 spiro atoms. The molecule has 1 heterocycles. The highest BCUT2D eigenvalue weighted by molar-refractivity contribution is 5.80. The number of benzene rings is 2. The van der Waals surface area contributed by atoms with Gasteiger partial charge in [0, 0.05) is 0 Å². The Morgan fingerprint density at radius 2 is 2.05 bits per heavy atom. The lowest BCUT2D eigenvalue weighted by Gasteiger charge is -2.01. The maximum atomic E-state index is 13.0. The van der Waals surface area contributed by atoms with Gasteiger partial charge in [0.05, 0.1) is 17.1 Å². The number of hydrazone groups is 1. The number of halogens is 1. The second-order valence-corrected chi connectivity index (χ2v) is 4.36. The van der Waals surface area contributed by atoms with Crippen LogP contribution in [0, 0.1) is 5.82 Å². The zero-order valence-electron chi connectivity index (χ0n) is 10.9. The molecule has 6 heteroatoms. The molecule has 0 saturated heterocycles. The number of fused-ring (bicyclic) bond motifs is 1. The van der Waals surface area contributed by atoms with E-state index in [0.29, 0.717) is 16.5 Å².